The second kappa shape index (κ2) is 5.82. The van der Waals surface area contributed by atoms with Crippen LogP contribution in [0.15, 0.2) is 30.3 Å². The molecule has 18 heavy (non-hydrogen) atoms. The van der Waals surface area contributed by atoms with Crippen molar-refractivity contribution in [1.29, 1.82) is 0 Å². The first-order chi connectivity index (χ1) is 8.20. The lowest BCUT2D eigenvalue weighted by atomic mass is 10.0. The predicted molar refractivity (Wildman–Crippen MR) is 72.6 cm³/mol. The van der Waals surface area contributed by atoms with Crippen LogP contribution >= 0.6 is 0 Å². The fraction of sp³-hybridized carbons (Fsp3) is 0.538. The Morgan fingerprint density at radius 1 is 1.22 bits per heavy atom. The highest BCUT2D eigenvalue weighted by atomic mass is 32.2. The zero-order valence-corrected chi connectivity index (χ0v) is 12.1. The normalized spacial score (nSPS) is 14.4. The number of hydrogen-bond donors (Lipinski definition) is 1. The summed E-state index contributed by atoms with van der Waals surface area (Å²) >= 11 is 0. The van der Waals surface area contributed by atoms with Crippen molar-refractivity contribution in [3.05, 3.63) is 35.9 Å². The van der Waals surface area contributed by atoms with Crippen LogP contribution in [0.2, 0.25) is 0 Å². The number of hydrogen-bond acceptors (Lipinski definition) is 3. The predicted octanol–water partition coefficient (Wildman–Crippen LogP) is 2.44. The van der Waals surface area contributed by atoms with Gasteiger partial charge in [-0.15, -0.1) is 0 Å². The van der Waals surface area contributed by atoms with E-state index in [0.717, 1.165) is 5.56 Å². The molecule has 1 unspecified atom stereocenters. The molecule has 0 saturated carbocycles. The van der Waals surface area contributed by atoms with Crippen LogP contribution in [0.3, 0.4) is 0 Å². The van der Waals surface area contributed by atoms with E-state index < -0.39 is 15.6 Å². The Morgan fingerprint density at radius 2 is 1.78 bits per heavy atom. The van der Waals surface area contributed by atoms with Gasteiger partial charge < -0.3 is 0 Å². The van der Waals surface area contributed by atoms with E-state index in [2.05, 4.69) is 4.89 Å². The second-order valence-electron chi connectivity index (χ2n) is 5.39. The second-order valence-corrected chi connectivity index (χ2v) is 7.12. The van der Waals surface area contributed by atoms with E-state index in [9.17, 15) is 8.42 Å². The first-order valence-corrected chi connectivity index (χ1v) is 7.57. The molecule has 1 rings (SSSR count). The number of sulfonamides is 1. The van der Waals surface area contributed by atoms with Gasteiger partial charge in [-0.1, -0.05) is 42.1 Å². The smallest absolute Gasteiger partial charge is 0.234 e. The molecule has 0 heterocycles. The summed E-state index contributed by atoms with van der Waals surface area (Å²) < 4.78 is 23.6. The van der Waals surface area contributed by atoms with Crippen LogP contribution in [-0.4, -0.2) is 19.8 Å². The van der Waals surface area contributed by atoms with E-state index in [4.69, 9.17) is 4.84 Å². The molecule has 0 aliphatic heterocycles. The minimum absolute atomic E-state index is 0.00704. The van der Waals surface area contributed by atoms with E-state index in [0.29, 0.717) is 0 Å². The van der Waals surface area contributed by atoms with Gasteiger partial charge in [0, 0.05) is 0 Å². The molecule has 0 radical (unpaired) electrons. The molecule has 0 amide bonds. The van der Waals surface area contributed by atoms with Crippen molar-refractivity contribution in [2.45, 2.75) is 39.2 Å². The van der Waals surface area contributed by atoms with E-state index in [1.165, 1.54) is 0 Å². The molecular formula is C13H21NO3S. The first-order valence-electron chi connectivity index (χ1n) is 5.92. The highest BCUT2D eigenvalue weighted by Crippen LogP contribution is 2.16. The Labute approximate surface area is 109 Å². The van der Waals surface area contributed by atoms with E-state index in [1.807, 2.05) is 37.3 Å². The van der Waals surface area contributed by atoms with Crippen molar-refractivity contribution in [2.75, 3.05) is 5.75 Å². The molecular weight excluding hydrogens is 250 g/mol. The summed E-state index contributed by atoms with van der Waals surface area (Å²) in [5, 5.41) is 0. The number of nitrogens with one attached hydrogen (secondary N) is 1. The Bertz CT molecular complexity index is 463. The molecule has 5 heteroatoms. The lowest BCUT2D eigenvalue weighted by Crippen LogP contribution is -2.35. The lowest BCUT2D eigenvalue weighted by molar-refractivity contribution is -0.0357. The Morgan fingerprint density at radius 3 is 2.28 bits per heavy atom. The summed E-state index contributed by atoms with van der Waals surface area (Å²) in [7, 11) is -3.43. The van der Waals surface area contributed by atoms with Crippen LogP contribution in [0.4, 0.5) is 0 Å². The summed E-state index contributed by atoms with van der Waals surface area (Å²) in [6.07, 6.45) is 0. The number of benzene rings is 1. The fourth-order valence-corrected chi connectivity index (χ4v) is 2.73. The van der Waals surface area contributed by atoms with Gasteiger partial charge in [0.1, 0.15) is 0 Å². The summed E-state index contributed by atoms with van der Waals surface area (Å²) in [6, 6.07) is 9.55. The van der Waals surface area contributed by atoms with Crippen molar-refractivity contribution < 1.29 is 13.3 Å². The minimum atomic E-state index is -3.43. The maximum absolute atomic E-state index is 11.8. The molecule has 1 atom stereocenters. The average Bonchev–Trinajstić information content (AvgIpc) is 2.26. The van der Waals surface area contributed by atoms with Gasteiger partial charge >= 0.3 is 0 Å². The number of rotatable bonds is 5. The van der Waals surface area contributed by atoms with Crippen molar-refractivity contribution in [3.63, 3.8) is 0 Å². The van der Waals surface area contributed by atoms with Crippen molar-refractivity contribution in [3.8, 4) is 0 Å². The molecule has 4 nitrogen and oxygen atoms in total. The first kappa shape index (κ1) is 15.1. The van der Waals surface area contributed by atoms with Crippen LogP contribution in [0.1, 0.15) is 39.2 Å². The molecule has 0 aliphatic rings. The topological polar surface area (TPSA) is 55.4 Å². The molecule has 1 aromatic rings. The van der Waals surface area contributed by atoms with Crippen LogP contribution in [0.5, 0.6) is 0 Å². The third kappa shape index (κ3) is 5.62. The molecule has 0 fully saturated rings. The maximum Gasteiger partial charge on any atom is 0.234 e. The van der Waals surface area contributed by atoms with Gasteiger partial charge in [-0.25, -0.2) is 8.42 Å². The molecule has 0 saturated heterocycles. The van der Waals surface area contributed by atoms with Crippen LogP contribution < -0.4 is 4.89 Å². The third-order valence-corrected chi connectivity index (χ3v) is 3.59. The maximum atomic E-state index is 11.8. The molecule has 0 bridgehead atoms. The molecule has 1 N–H and O–H groups in total. The summed E-state index contributed by atoms with van der Waals surface area (Å²) in [5.41, 5.74) is 0.460. The zero-order valence-electron chi connectivity index (χ0n) is 11.3. The minimum Gasteiger partial charge on any atom is -0.281 e. The monoisotopic (exact) mass is 271 g/mol. The van der Waals surface area contributed by atoms with Gasteiger partial charge in [0.2, 0.25) is 10.0 Å². The standard InChI is InChI=1S/C13H21NO3S/c1-11(12-8-6-5-7-9-12)10-18(15,16)14-17-13(2,3)4/h5-9,11,14H,10H2,1-4H3. The Kier molecular flexibility index (Phi) is 4.90. The molecule has 102 valence electrons. The van der Waals surface area contributed by atoms with Crippen molar-refractivity contribution in [1.82, 2.24) is 4.89 Å². The van der Waals surface area contributed by atoms with Crippen molar-refractivity contribution >= 4 is 10.0 Å². The quantitative estimate of drug-likeness (QED) is 0.837. The summed E-state index contributed by atoms with van der Waals surface area (Å²) in [5.74, 6) is -0.0696. The van der Waals surface area contributed by atoms with Crippen LogP contribution in [0.25, 0.3) is 0 Å². The van der Waals surface area contributed by atoms with E-state index >= 15 is 0 Å². The molecule has 0 spiro atoms. The summed E-state index contributed by atoms with van der Waals surface area (Å²) in [6.45, 7) is 7.24. The molecule has 1 aromatic carbocycles. The van der Waals surface area contributed by atoms with Crippen LogP contribution in [-0.2, 0) is 14.9 Å². The van der Waals surface area contributed by atoms with E-state index in [-0.39, 0.29) is 11.7 Å². The van der Waals surface area contributed by atoms with E-state index in [1.54, 1.807) is 20.8 Å². The van der Waals surface area contributed by atoms with Crippen molar-refractivity contribution in [2.24, 2.45) is 0 Å². The molecule has 0 aliphatic carbocycles. The van der Waals surface area contributed by atoms with Gasteiger partial charge in [0.15, 0.2) is 0 Å². The van der Waals surface area contributed by atoms with Gasteiger partial charge in [-0.05, 0) is 32.3 Å². The van der Waals surface area contributed by atoms with Gasteiger partial charge in [-0.3, -0.25) is 4.84 Å². The fourth-order valence-electron chi connectivity index (χ4n) is 1.43. The molecule has 0 aromatic heterocycles. The largest absolute Gasteiger partial charge is 0.281 e. The summed E-state index contributed by atoms with van der Waals surface area (Å²) in [4.78, 5) is 7.26. The van der Waals surface area contributed by atoms with Gasteiger partial charge in [-0.2, -0.15) is 0 Å². The van der Waals surface area contributed by atoms with Gasteiger partial charge in [0.25, 0.3) is 0 Å². The average molecular weight is 271 g/mol. The third-order valence-electron chi connectivity index (χ3n) is 2.31. The highest BCUT2D eigenvalue weighted by molar-refractivity contribution is 7.89. The Hall–Kier alpha value is -0.910. The SMILES string of the molecule is CC(CS(=O)(=O)NOC(C)(C)C)c1ccccc1. The van der Waals surface area contributed by atoms with Gasteiger partial charge in [0.05, 0.1) is 11.4 Å². The van der Waals surface area contributed by atoms with Crippen LogP contribution in [0, 0.1) is 0 Å². The zero-order chi connectivity index (χ0) is 13.8. The Balaban J connectivity index is 2.61. The highest BCUT2D eigenvalue weighted by Gasteiger charge is 2.20. The lowest BCUT2D eigenvalue weighted by Gasteiger charge is -2.20.